The van der Waals surface area contributed by atoms with E-state index < -0.39 is 6.09 Å². The molecule has 1 aromatic carbocycles. The number of carbonyl (C=O) groups excluding carboxylic acids is 1. The zero-order chi connectivity index (χ0) is 12.5. The maximum Gasteiger partial charge on any atom is 0.427 e. The first kappa shape index (κ1) is 13.4. The lowest BCUT2D eigenvalue weighted by molar-refractivity contribution is 0.152. The van der Waals surface area contributed by atoms with Crippen LogP contribution in [0.2, 0.25) is 0 Å². The number of hydrazone groups is 1. The Morgan fingerprint density at radius 2 is 2.18 bits per heavy atom. The lowest BCUT2D eigenvalue weighted by Crippen LogP contribution is -2.18. The molecule has 5 heteroatoms. The van der Waals surface area contributed by atoms with Gasteiger partial charge in [-0.3, -0.25) is 0 Å². The van der Waals surface area contributed by atoms with Crippen molar-refractivity contribution in [2.24, 2.45) is 5.10 Å². The van der Waals surface area contributed by atoms with Crippen molar-refractivity contribution in [1.82, 2.24) is 5.43 Å². The first-order chi connectivity index (χ1) is 8.22. The van der Waals surface area contributed by atoms with Gasteiger partial charge in [-0.2, -0.15) is 5.10 Å². The third kappa shape index (κ3) is 5.87. The lowest BCUT2D eigenvalue weighted by atomic mass is 10.2. The first-order valence-corrected chi connectivity index (χ1v) is 5.89. The summed E-state index contributed by atoms with van der Waals surface area (Å²) in [6, 6.07) is 9.77. The molecule has 0 bridgehead atoms. The molecular formula is C12H13BrN2O2. The molecule has 0 aliphatic carbocycles. The minimum Gasteiger partial charge on any atom is -0.449 e. The van der Waals surface area contributed by atoms with Gasteiger partial charge < -0.3 is 4.74 Å². The summed E-state index contributed by atoms with van der Waals surface area (Å²) < 4.78 is 5.39. The van der Waals surface area contributed by atoms with Crippen molar-refractivity contribution < 1.29 is 9.53 Å². The Balaban J connectivity index is 2.49. The van der Waals surface area contributed by atoms with Gasteiger partial charge in [-0.15, -0.1) is 0 Å². The molecule has 0 saturated heterocycles. The molecule has 0 heterocycles. The Hall–Kier alpha value is -1.62. The highest BCUT2D eigenvalue weighted by Gasteiger charge is 1.95. The fraction of sp³-hybridized carbons (Fsp3) is 0.167. The van der Waals surface area contributed by atoms with E-state index in [-0.39, 0.29) is 0 Å². The lowest BCUT2D eigenvalue weighted by Gasteiger charge is -1.98. The van der Waals surface area contributed by atoms with Gasteiger partial charge in [-0.1, -0.05) is 30.3 Å². The maximum atomic E-state index is 10.9. The Kier molecular flexibility index (Phi) is 6.03. The molecule has 0 aromatic heterocycles. The second kappa shape index (κ2) is 7.62. The van der Waals surface area contributed by atoms with Gasteiger partial charge in [0.2, 0.25) is 0 Å². The first-order valence-electron chi connectivity index (χ1n) is 5.10. The Labute approximate surface area is 108 Å². The molecule has 0 fully saturated rings. The Bertz CT molecular complexity index is 416. The number of hydrogen-bond donors (Lipinski definition) is 1. The average Bonchev–Trinajstić information content (AvgIpc) is 2.30. The third-order valence-corrected chi connectivity index (χ3v) is 2.16. The van der Waals surface area contributed by atoms with Crippen molar-refractivity contribution in [2.75, 3.05) is 6.61 Å². The number of amides is 1. The summed E-state index contributed by atoms with van der Waals surface area (Å²) >= 11 is 3.32. The second-order valence-corrected chi connectivity index (χ2v) is 3.95. The van der Waals surface area contributed by atoms with Gasteiger partial charge in [0.15, 0.2) is 0 Å². The molecular weight excluding hydrogens is 284 g/mol. The van der Waals surface area contributed by atoms with Crippen LogP contribution >= 0.6 is 15.9 Å². The molecule has 0 spiro atoms. The van der Waals surface area contributed by atoms with Crippen molar-refractivity contribution in [3.8, 4) is 0 Å². The number of hydrogen-bond acceptors (Lipinski definition) is 3. The SMILES string of the molecule is CCOC(=O)NN=CC(Br)=Cc1ccccc1. The zero-order valence-corrected chi connectivity index (χ0v) is 11.0. The fourth-order valence-corrected chi connectivity index (χ4v) is 1.42. The number of allylic oxidation sites excluding steroid dienone is 1. The predicted octanol–water partition coefficient (Wildman–Crippen LogP) is 3.15. The summed E-state index contributed by atoms with van der Waals surface area (Å²) in [4.78, 5) is 10.9. The summed E-state index contributed by atoms with van der Waals surface area (Å²) in [6.45, 7) is 2.05. The van der Waals surface area contributed by atoms with Crippen molar-refractivity contribution >= 4 is 34.3 Å². The number of carbonyl (C=O) groups is 1. The van der Waals surface area contributed by atoms with Gasteiger partial charge in [-0.25, -0.2) is 10.2 Å². The summed E-state index contributed by atoms with van der Waals surface area (Å²) in [5.41, 5.74) is 3.28. The second-order valence-electron chi connectivity index (χ2n) is 3.03. The van der Waals surface area contributed by atoms with Crippen LogP contribution in [0.1, 0.15) is 12.5 Å². The number of nitrogens with one attached hydrogen (secondary N) is 1. The van der Waals surface area contributed by atoms with Gasteiger partial charge in [0.1, 0.15) is 0 Å². The third-order valence-electron chi connectivity index (χ3n) is 1.72. The molecule has 17 heavy (non-hydrogen) atoms. The summed E-state index contributed by atoms with van der Waals surface area (Å²) in [5, 5.41) is 3.72. The fourth-order valence-electron chi connectivity index (χ4n) is 1.06. The van der Waals surface area contributed by atoms with Crippen LogP contribution in [0, 0.1) is 0 Å². The summed E-state index contributed by atoms with van der Waals surface area (Å²) in [5.74, 6) is 0. The summed E-state index contributed by atoms with van der Waals surface area (Å²) in [6.07, 6.45) is 2.81. The van der Waals surface area contributed by atoms with Crippen molar-refractivity contribution in [1.29, 1.82) is 0 Å². The van der Waals surface area contributed by atoms with Gasteiger partial charge in [-0.05, 0) is 34.5 Å². The molecule has 0 saturated carbocycles. The van der Waals surface area contributed by atoms with Crippen LogP contribution in [0.5, 0.6) is 0 Å². The molecule has 0 aliphatic heterocycles. The van der Waals surface area contributed by atoms with Crippen molar-refractivity contribution in [3.05, 3.63) is 40.4 Å². The standard InChI is InChI=1S/C12H13BrN2O2/c1-2-17-12(16)15-14-9-11(13)8-10-6-4-3-5-7-10/h3-9H,2H2,1H3,(H,15,16). The van der Waals surface area contributed by atoms with Crippen LogP contribution in [0.4, 0.5) is 4.79 Å². The molecule has 1 N–H and O–H groups in total. The topological polar surface area (TPSA) is 50.7 Å². The summed E-state index contributed by atoms with van der Waals surface area (Å²) in [7, 11) is 0. The van der Waals surface area contributed by atoms with Gasteiger partial charge in [0.25, 0.3) is 0 Å². The monoisotopic (exact) mass is 296 g/mol. The quantitative estimate of drug-likeness (QED) is 0.685. The van der Waals surface area contributed by atoms with E-state index in [1.807, 2.05) is 36.4 Å². The minimum absolute atomic E-state index is 0.322. The highest BCUT2D eigenvalue weighted by atomic mass is 79.9. The number of rotatable bonds is 4. The van der Waals surface area contributed by atoms with Crippen LogP contribution in [-0.2, 0) is 4.74 Å². The molecule has 0 radical (unpaired) electrons. The van der Waals surface area contributed by atoms with Crippen LogP contribution in [-0.4, -0.2) is 18.9 Å². The molecule has 90 valence electrons. The van der Waals surface area contributed by atoms with Crippen molar-refractivity contribution in [2.45, 2.75) is 6.92 Å². The number of nitrogens with zero attached hydrogens (tertiary/aromatic N) is 1. The van der Waals surface area contributed by atoms with E-state index in [2.05, 4.69) is 31.2 Å². The highest BCUT2D eigenvalue weighted by molar-refractivity contribution is 9.12. The number of ether oxygens (including phenoxy) is 1. The van der Waals surface area contributed by atoms with Gasteiger partial charge in [0.05, 0.1) is 12.8 Å². The molecule has 4 nitrogen and oxygen atoms in total. The van der Waals surface area contributed by atoms with E-state index in [9.17, 15) is 4.79 Å². The molecule has 1 amide bonds. The Morgan fingerprint density at radius 3 is 2.82 bits per heavy atom. The highest BCUT2D eigenvalue weighted by Crippen LogP contribution is 2.09. The molecule has 1 rings (SSSR count). The van der Waals surface area contributed by atoms with Gasteiger partial charge >= 0.3 is 6.09 Å². The number of benzene rings is 1. The van der Waals surface area contributed by atoms with E-state index in [0.29, 0.717) is 6.61 Å². The minimum atomic E-state index is -0.566. The van der Waals surface area contributed by atoms with E-state index >= 15 is 0 Å². The molecule has 1 aromatic rings. The van der Waals surface area contributed by atoms with E-state index in [1.54, 1.807) is 6.92 Å². The molecule has 0 unspecified atom stereocenters. The van der Waals surface area contributed by atoms with Crippen LogP contribution in [0.25, 0.3) is 6.08 Å². The molecule has 0 atom stereocenters. The zero-order valence-electron chi connectivity index (χ0n) is 9.39. The van der Waals surface area contributed by atoms with Crippen LogP contribution in [0.15, 0.2) is 39.9 Å². The van der Waals surface area contributed by atoms with E-state index in [1.165, 1.54) is 6.21 Å². The normalized spacial score (nSPS) is 11.5. The van der Waals surface area contributed by atoms with Gasteiger partial charge in [0, 0.05) is 4.48 Å². The largest absolute Gasteiger partial charge is 0.449 e. The number of halogens is 1. The maximum absolute atomic E-state index is 10.9. The van der Waals surface area contributed by atoms with E-state index in [4.69, 9.17) is 0 Å². The van der Waals surface area contributed by atoms with Crippen LogP contribution in [0.3, 0.4) is 0 Å². The average molecular weight is 297 g/mol. The predicted molar refractivity (Wildman–Crippen MR) is 72.0 cm³/mol. The Morgan fingerprint density at radius 1 is 1.47 bits per heavy atom. The molecule has 0 aliphatic rings. The van der Waals surface area contributed by atoms with Crippen LogP contribution < -0.4 is 5.43 Å². The van der Waals surface area contributed by atoms with Crippen molar-refractivity contribution in [3.63, 3.8) is 0 Å². The smallest absolute Gasteiger partial charge is 0.427 e. The van der Waals surface area contributed by atoms with E-state index in [0.717, 1.165) is 10.0 Å².